The number of hydrogen-bond donors (Lipinski definition) is 1. The fourth-order valence-electron chi connectivity index (χ4n) is 1.64. The van der Waals surface area contributed by atoms with E-state index >= 15 is 0 Å². The predicted molar refractivity (Wildman–Crippen MR) is 55.8 cm³/mol. The average Bonchev–Trinajstić information content (AvgIpc) is 2.88. The van der Waals surface area contributed by atoms with E-state index in [0.29, 0.717) is 6.04 Å². The molecule has 70 valence electrons. The van der Waals surface area contributed by atoms with Crippen molar-refractivity contribution in [3.63, 3.8) is 0 Å². The van der Waals surface area contributed by atoms with E-state index in [2.05, 4.69) is 43.4 Å². The molecule has 1 aromatic rings. The van der Waals surface area contributed by atoms with Gasteiger partial charge in [-0.3, -0.25) is 0 Å². The Morgan fingerprint density at radius 3 is 2.77 bits per heavy atom. The van der Waals surface area contributed by atoms with Crippen LogP contribution in [0.3, 0.4) is 0 Å². The van der Waals surface area contributed by atoms with Crippen LogP contribution in [-0.4, -0.2) is 6.04 Å². The maximum Gasteiger partial charge on any atom is 0.0294 e. The molecule has 1 aliphatic rings. The molecule has 1 nitrogen and oxygen atoms in total. The number of aryl methyl sites for hydroxylation is 1. The van der Waals surface area contributed by atoms with E-state index in [1.54, 1.807) is 0 Å². The van der Waals surface area contributed by atoms with E-state index < -0.39 is 0 Å². The first-order valence-corrected chi connectivity index (χ1v) is 5.08. The Morgan fingerprint density at radius 2 is 2.15 bits per heavy atom. The summed E-state index contributed by atoms with van der Waals surface area (Å²) in [5, 5.41) is 3.60. The van der Waals surface area contributed by atoms with Gasteiger partial charge >= 0.3 is 0 Å². The first-order valence-electron chi connectivity index (χ1n) is 5.08. The van der Waals surface area contributed by atoms with Crippen molar-refractivity contribution in [2.45, 2.75) is 38.8 Å². The van der Waals surface area contributed by atoms with Crippen molar-refractivity contribution < 1.29 is 0 Å². The summed E-state index contributed by atoms with van der Waals surface area (Å²) >= 11 is 0. The lowest BCUT2D eigenvalue weighted by molar-refractivity contribution is 0.571. The molecule has 0 spiro atoms. The van der Waals surface area contributed by atoms with Crippen LogP contribution < -0.4 is 5.32 Å². The van der Waals surface area contributed by atoms with Crippen molar-refractivity contribution in [3.05, 3.63) is 35.4 Å². The molecule has 0 radical (unpaired) electrons. The summed E-state index contributed by atoms with van der Waals surface area (Å²) in [4.78, 5) is 0. The Balaban J connectivity index is 2.04. The highest BCUT2D eigenvalue weighted by Gasteiger charge is 2.22. The number of rotatable bonds is 3. The highest BCUT2D eigenvalue weighted by Crippen LogP contribution is 2.24. The Morgan fingerprint density at radius 1 is 1.38 bits per heavy atom. The van der Waals surface area contributed by atoms with Gasteiger partial charge in [-0.25, -0.2) is 0 Å². The van der Waals surface area contributed by atoms with Gasteiger partial charge in [-0.05, 0) is 32.3 Å². The first-order chi connectivity index (χ1) is 6.25. The predicted octanol–water partition coefficient (Wildman–Crippen LogP) is 2.81. The van der Waals surface area contributed by atoms with E-state index in [0.717, 1.165) is 6.04 Å². The van der Waals surface area contributed by atoms with Gasteiger partial charge in [0.05, 0.1) is 0 Å². The van der Waals surface area contributed by atoms with Crippen LogP contribution in [0.5, 0.6) is 0 Å². The summed E-state index contributed by atoms with van der Waals surface area (Å²) in [7, 11) is 0. The number of nitrogens with one attached hydrogen (secondary N) is 1. The Kier molecular flexibility index (Phi) is 2.36. The van der Waals surface area contributed by atoms with Gasteiger partial charge < -0.3 is 5.32 Å². The van der Waals surface area contributed by atoms with Crippen LogP contribution in [0.4, 0.5) is 0 Å². The van der Waals surface area contributed by atoms with E-state index in [9.17, 15) is 0 Å². The third-order valence-electron chi connectivity index (χ3n) is 2.61. The molecule has 1 unspecified atom stereocenters. The van der Waals surface area contributed by atoms with Crippen molar-refractivity contribution in [1.29, 1.82) is 0 Å². The molecule has 0 amide bonds. The third-order valence-corrected chi connectivity index (χ3v) is 2.61. The van der Waals surface area contributed by atoms with Crippen LogP contribution in [0, 0.1) is 6.92 Å². The standard InChI is InChI=1S/C12H17N/c1-9-4-3-5-11(8-9)10(2)13-12-6-7-12/h3-5,8,10,12-13H,6-7H2,1-2H3. The van der Waals surface area contributed by atoms with Crippen molar-refractivity contribution in [1.82, 2.24) is 5.32 Å². The molecule has 1 fully saturated rings. The van der Waals surface area contributed by atoms with Crippen molar-refractivity contribution in [3.8, 4) is 0 Å². The molecular formula is C12H17N. The van der Waals surface area contributed by atoms with Gasteiger partial charge in [0, 0.05) is 12.1 Å². The number of benzene rings is 1. The molecule has 0 aromatic heterocycles. The van der Waals surface area contributed by atoms with E-state index in [-0.39, 0.29) is 0 Å². The quantitative estimate of drug-likeness (QED) is 0.745. The van der Waals surface area contributed by atoms with Crippen LogP contribution >= 0.6 is 0 Å². The zero-order valence-electron chi connectivity index (χ0n) is 8.38. The lowest BCUT2D eigenvalue weighted by Gasteiger charge is -2.13. The molecule has 13 heavy (non-hydrogen) atoms. The van der Waals surface area contributed by atoms with Gasteiger partial charge in [-0.2, -0.15) is 0 Å². The normalized spacial score (nSPS) is 18.6. The molecule has 2 rings (SSSR count). The summed E-state index contributed by atoms with van der Waals surface area (Å²) < 4.78 is 0. The van der Waals surface area contributed by atoms with Gasteiger partial charge in [0.25, 0.3) is 0 Å². The average molecular weight is 175 g/mol. The second-order valence-corrected chi connectivity index (χ2v) is 4.08. The summed E-state index contributed by atoms with van der Waals surface area (Å²) in [6, 6.07) is 10.0. The van der Waals surface area contributed by atoms with Crippen LogP contribution in [0.2, 0.25) is 0 Å². The molecule has 0 heterocycles. The maximum atomic E-state index is 3.60. The highest BCUT2D eigenvalue weighted by molar-refractivity contribution is 5.24. The van der Waals surface area contributed by atoms with Crippen molar-refractivity contribution >= 4 is 0 Å². The minimum Gasteiger partial charge on any atom is -0.307 e. The van der Waals surface area contributed by atoms with Gasteiger partial charge in [0.15, 0.2) is 0 Å². The van der Waals surface area contributed by atoms with Crippen LogP contribution in [0.25, 0.3) is 0 Å². The Bertz CT molecular complexity index is 289. The molecule has 1 saturated carbocycles. The minimum absolute atomic E-state index is 0.507. The smallest absolute Gasteiger partial charge is 0.0294 e. The second kappa shape index (κ2) is 3.51. The fourth-order valence-corrected chi connectivity index (χ4v) is 1.64. The van der Waals surface area contributed by atoms with Gasteiger partial charge in [0.1, 0.15) is 0 Å². The monoisotopic (exact) mass is 175 g/mol. The first kappa shape index (κ1) is 8.76. The lowest BCUT2D eigenvalue weighted by Crippen LogP contribution is -2.20. The summed E-state index contributed by atoms with van der Waals surface area (Å²) in [6.45, 7) is 4.39. The lowest BCUT2D eigenvalue weighted by atomic mass is 10.1. The molecule has 1 atom stereocenters. The van der Waals surface area contributed by atoms with Gasteiger partial charge in [-0.1, -0.05) is 29.8 Å². The summed E-state index contributed by atoms with van der Waals surface area (Å²) in [5.41, 5.74) is 2.76. The molecule has 0 bridgehead atoms. The zero-order chi connectivity index (χ0) is 9.26. The van der Waals surface area contributed by atoms with Crippen LogP contribution in [0.1, 0.15) is 36.9 Å². The van der Waals surface area contributed by atoms with Crippen LogP contribution in [-0.2, 0) is 0 Å². The molecule has 1 N–H and O–H groups in total. The highest BCUT2D eigenvalue weighted by atomic mass is 15.0. The van der Waals surface area contributed by atoms with Gasteiger partial charge in [-0.15, -0.1) is 0 Å². The van der Waals surface area contributed by atoms with Crippen LogP contribution in [0.15, 0.2) is 24.3 Å². The van der Waals surface area contributed by atoms with E-state index in [1.807, 2.05) is 0 Å². The van der Waals surface area contributed by atoms with Crippen molar-refractivity contribution in [2.75, 3.05) is 0 Å². The third kappa shape index (κ3) is 2.31. The Hall–Kier alpha value is -0.820. The molecule has 0 saturated heterocycles. The molecule has 1 aliphatic carbocycles. The van der Waals surface area contributed by atoms with Gasteiger partial charge in [0.2, 0.25) is 0 Å². The Labute approximate surface area is 80.2 Å². The molecule has 1 heteroatoms. The topological polar surface area (TPSA) is 12.0 Å². The number of hydrogen-bond acceptors (Lipinski definition) is 1. The van der Waals surface area contributed by atoms with E-state index in [4.69, 9.17) is 0 Å². The second-order valence-electron chi connectivity index (χ2n) is 4.08. The molecule has 0 aliphatic heterocycles. The molecular weight excluding hydrogens is 158 g/mol. The van der Waals surface area contributed by atoms with Crippen molar-refractivity contribution in [2.24, 2.45) is 0 Å². The zero-order valence-corrected chi connectivity index (χ0v) is 8.38. The van der Waals surface area contributed by atoms with E-state index in [1.165, 1.54) is 24.0 Å². The minimum atomic E-state index is 0.507. The molecule has 1 aromatic carbocycles. The largest absolute Gasteiger partial charge is 0.307 e. The summed E-state index contributed by atoms with van der Waals surface area (Å²) in [6.07, 6.45) is 2.71. The fraction of sp³-hybridized carbons (Fsp3) is 0.500. The summed E-state index contributed by atoms with van der Waals surface area (Å²) in [5.74, 6) is 0. The SMILES string of the molecule is Cc1cccc(C(C)NC2CC2)c1. The maximum absolute atomic E-state index is 3.60.